The third-order valence-electron chi connectivity index (χ3n) is 1.53. The second kappa shape index (κ2) is 4.71. The van der Waals surface area contributed by atoms with Gasteiger partial charge in [0.05, 0.1) is 12.6 Å². The van der Waals surface area contributed by atoms with Gasteiger partial charge < -0.3 is 16.4 Å². The van der Waals surface area contributed by atoms with Gasteiger partial charge in [0.2, 0.25) is 11.8 Å². The van der Waals surface area contributed by atoms with Gasteiger partial charge >= 0.3 is 0 Å². The molecular weight excluding hydrogens is 158 g/mol. The summed E-state index contributed by atoms with van der Waals surface area (Å²) >= 11 is 0. The summed E-state index contributed by atoms with van der Waals surface area (Å²) in [6.07, 6.45) is 0.557. The Bertz CT molecular complexity index is 181. The van der Waals surface area contributed by atoms with Crippen molar-refractivity contribution in [2.24, 2.45) is 11.5 Å². The van der Waals surface area contributed by atoms with Crippen molar-refractivity contribution in [3.05, 3.63) is 0 Å². The molecule has 5 heteroatoms. The smallest absolute Gasteiger partial charge is 0.239 e. The number of carbonyl (C=O) groups is 2. The molecule has 0 aromatic carbocycles. The molecule has 0 aromatic heterocycles. The van der Waals surface area contributed by atoms with Crippen LogP contribution in [0.1, 0.15) is 13.3 Å². The van der Waals surface area contributed by atoms with Crippen LogP contribution >= 0.6 is 0 Å². The molecule has 0 rings (SSSR count). The first-order valence-electron chi connectivity index (χ1n) is 3.77. The topological polar surface area (TPSA) is 89.4 Å². The Labute approximate surface area is 71.7 Å². The first kappa shape index (κ1) is 10.9. The van der Waals surface area contributed by atoms with Gasteiger partial charge in [-0.1, -0.05) is 6.92 Å². The van der Waals surface area contributed by atoms with Crippen molar-refractivity contribution in [1.82, 2.24) is 4.90 Å². The van der Waals surface area contributed by atoms with Crippen LogP contribution in [0.15, 0.2) is 0 Å². The van der Waals surface area contributed by atoms with E-state index >= 15 is 0 Å². The van der Waals surface area contributed by atoms with Gasteiger partial charge in [-0.3, -0.25) is 9.59 Å². The minimum absolute atomic E-state index is 0.0769. The minimum atomic E-state index is -0.533. The van der Waals surface area contributed by atoms with Crippen molar-refractivity contribution in [1.29, 1.82) is 0 Å². The largest absolute Gasteiger partial charge is 0.368 e. The SMILES string of the molecule is CC[C@@H](N)C(=O)N(C)CC(N)=O. The van der Waals surface area contributed by atoms with Crippen molar-refractivity contribution in [2.75, 3.05) is 13.6 Å². The Morgan fingerprint density at radius 1 is 1.50 bits per heavy atom. The third-order valence-corrected chi connectivity index (χ3v) is 1.53. The summed E-state index contributed by atoms with van der Waals surface area (Å²) in [5.41, 5.74) is 10.3. The van der Waals surface area contributed by atoms with E-state index < -0.39 is 11.9 Å². The van der Waals surface area contributed by atoms with Gasteiger partial charge in [0.1, 0.15) is 0 Å². The standard InChI is InChI=1S/C7H15N3O2/c1-3-5(8)7(12)10(2)4-6(9)11/h5H,3-4,8H2,1-2H3,(H2,9,11)/t5-/m1/s1. The molecule has 0 heterocycles. The molecule has 5 nitrogen and oxygen atoms in total. The maximum atomic E-state index is 11.2. The second-order valence-corrected chi connectivity index (χ2v) is 2.68. The molecular formula is C7H15N3O2. The Morgan fingerprint density at radius 3 is 2.33 bits per heavy atom. The molecule has 0 radical (unpaired) electrons. The molecule has 0 aliphatic rings. The highest BCUT2D eigenvalue weighted by Gasteiger charge is 2.16. The maximum Gasteiger partial charge on any atom is 0.239 e. The summed E-state index contributed by atoms with van der Waals surface area (Å²) in [5.74, 6) is -0.787. The fourth-order valence-electron chi connectivity index (χ4n) is 0.769. The number of hydrogen-bond acceptors (Lipinski definition) is 3. The average molecular weight is 173 g/mol. The lowest BCUT2D eigenvalue weighted by Gasteiger charge is -2.18. The van der Waals surface area contributed by atoms with Crippen LogP contribution < -0.4 is 11.5 Å². The van der Waals surface area contributed by atoms with E-state index in [-0.39, 0.29) is 12.5 Å². The molecule has 4 N–H and O–H groups in total. The zero-order chi connectivity index (χ0) is 9.72. The lowest BCUT2D eigenvalue weighted by atomic mass is 10.2. The second-order valence-electron chi connectivity index (χ2n) is 2.68. The van der Waals surface area contributed by atoms with Gasteiger partial charge in [0.25, 0.3) is 0 Å². The first-order chi connectivity index (χ1) is 5.49. The van der Waals surface area contributed by atoms with E-state index in [0.717, 1.165) is 0 Å². The Morgan fingerprint density at radius 2 is 2.00 bits per heavy atom. The molecule has 0 bridgehead atoms. The molecule has 1 atom stereocenters. The predicted molar refractivity (Wildman–Crippen MR) is 45.1 cm³/mol. The number of nitrogens with two attached hydrogens (primary N) is 2. The van der Waals surface area contributed by atoms with E-state index in [2.05, 4.69) is 0 Å². The molecule has 0 fully saturated rings. The summed E-state index contributed by atoms with van der Waals surface area (Å²) in [6, 6.07) is -0.533. The van der Waals surface area contributed by atoms with Gasteiger partial charge in [-0.2, -0.15) is 0 Å². The molecule has 12 heavy (non-hydrogen) atoms. The zero-order valence-corrected chi connectivity index (χ0v) is 7.41. The van der Waals surface area contributed by atoms with Crippen molar-refractivity contribution in [3.8, 4) is 0 Å². The fraction of sp³-hybridized carbons (Fsp3) is 0.714. The van der Waals surface area contributed by atoms with Crippen LogP contribution in [0.25, 0.3) is 0 Å². The first-order valence-corrected chi connectivity index (χ1v) is 3.77. The monoisotopic (exact) mass is 173 g/mol. The zero-order valence-electron chi connectivity index (χ0n) is 7.41. The Balaban J connectivity index is 4.01. The third kappa shape index (κ3) is 3.34. The molecule has 0 aromatic rings. The van der Waals surface area contributed by atoms with E-state index in [9.17, 15) is 9.59 Å². The van der Waals surface area contributed by atoms with E-state index in [1.54, 1.807) is 6.92 Å². The van der Waals surface area contributed by atoms with Gasteiger partial charge in [-0.25, -0.2) is 0 Å². The van der Waals surface area contributed by atoms with Crippen molar-refractivity contribution in [3.63, 3.8) is 0 Å². The molecule has 70 valence electrons. The van der Waals surface area contributed by atoms with Gasteiger partial charge in [0, 0.05) is 7.05 Å². The van der Waals surface area contributed by atoms with Crippen LogP contribution in [-0.2, 0) is 9.59 Å². The van der Waals surface area contributed by atoms with Crippen molar-refractivity contribution >= 4 is 11.8 Å². The van der Waals surface area contributed by atoms with Crippen LogP contribution in [0, 0.1) is 0 Å². The number of likely N-dealkylation sites (N-methyl/N-ethyl adjacent to an activating group) is 1. The van der Waals surface area contributed by atoms with Crippen LogP contribution in [0.2, 0.25) is 0 Å². The Kier molecular flexibility index (Phi) is 4.28. The van der Waals surface area contributed by atoms with Gasteiger partial charge in [-0.05, 0) is 6.42 Å². The highest BCUT2D eigenvalue weighted by atomic mass is 16.2. The molecule has 0 aliphatic carbocycles. The van der Waals surface area contributed by atoms with Gasteiger partial charge in [0.15, 0.2) is 0 Å². The van der Waals surface area contributed by atoms with Crippen LogP contribution in [0.4, 0.5) is 0 Å². The van der Waals surface area contributed by atoms with Crippen LogP contribution in [0.5, 0.6) is 0 Å². The quantitative estimate of drug-likeness (QED) is 0.551. The van der Waals surface area contributed by atoms with E-state index in [1.807, 2.05) is 0 Å². The van der Waals surface area contributed by atoms with E-state index in [4.69, 9.17) is 11.5 Å². The molecule has 2 amide bonds. The number of amides is 2. The number of rotatable bonds is 4. The molecule has 0 unspecified atom stereocenters. The highest BCUT2D eigenvalue weighted by molar-refractivity contribution is 5.86. The van der Waals surface area contributed by atoms with Gasteiger partial charge in [-0.15, -0.1) is 0 Å². The summed E-state index contributed by atoms with van der Waals surface area (Å²) in [7, 11) is 1.50. The average Bonchev–Trinajstić information content (AvgIpc) is 2.00. The summed E-state index contributed by atoms with van der Waals surface area (Å²) in [4.78, 5) is 22.8. The van der Waals surface area contributed by atoms with Crippen LogP contribution in [0.3, 0.4) is 0 Å². The summed E-state index contributed by atoms with van der Waals surface area (Å²) in [6.45, 7) is 1.73. The maximum absolute atomic E-state index is 11.2. The molecule has 0 saturated carbocycles. The number of carbonyl (C=O) groups excluding carboxylic acids is 2. The molecule has 0 saturated heterocycles. The van der Waals surface area contributed by atoms with Crippen molar-refractivity contribution in [2.45, 2.75) is 19.4 Å². The lowest BCUT2D eigenvalue weighted by molar-refractivity contribution is -0.134. The number of nitrogens with zero attached hydrogens (tertiary/aromatic N) is 1. The Hall–Kier alpha value is -1.10. The van der Waals surface area contributed by atoms with E-state index in [0.29, 0.717) is 6.42 Å². The summed E-state index contributed by atoms with van der Waals surface area (Å²) < 4.78 is 0. The normalized spacial score (nSPS) is 12.2. The van der Waals surface area contributed by atoms with Crippen LogP contribution in [-0.4, -0.2) is 36.3 Å². The number of hydrogen-bond donors (Lipinski definition) is 2. The lowest BCUT2D eigenvalue weighted by Crippen LogP contribution is -2.44. The van der Waals surface area contributed by atoms with Crippen molar-refractivity contribution < 1.29 is 9.59 Å². The summed E-state index contributed by atoms with van der Waals surface area (Å²) in [5, 5.41) is 0. The van der Waals surface area contributed by atoms with E-state index in [1.165, 1.54) is 11.9 Å². The fourth-order valence-corrected chi connectivity index (χ4v) is 0.769. The number of primary amides is 1. The molecule has 0 aliphatic heterocycles. The molecule has 0 spiro atoms. The minimum Gasteiger partial charge on any atom is -0.368 e. The highest BCUT2D eigenvalue weighted by Crippen LogP contribution is 1.92. The predicted octanol–water partition coefficient (Wildman–Crippen LogP) is -1.33.